The monoisotopic (exact) mass is 299 g/mol. The van der Waals surface area contributed by atoms with Crippen molar-refractivity contribution in [3.8, 4) is 0 Å². The van der Waals surface area contributed by atoms with Crippen molar-refractivity contribution in [3.05, 3.63) is 0 Å². The van der Waals surface area contributed by atoms with Gasteiger partial charge in [0.05, 0.1) is 5.60 Å². The van der Waals surface area contributed by atoms with Gasteiger partial charge < -0.3 is 19.5 Å². The van der Waals surface area contributed by atoms with Crippen molar-refractivity contribution in [1.29, 1.82) is 0 Å². The molecule has 122 valence electrons. The fourth-order valence-corrected chi connectivity index (χ4v) is 3.55. The van der Waals surface area contributed by atoms with Gasteiger partial charge in [0.1, 0.15) is 5.60 Å². The van der Waals surface area contributed by atoms with Gasteiger partial charge in [-0.3, -0.25) is 0 Å². The molecule has 21 heavy (non-hydrogen) atoms. The standard InChI is InChI=1S/C16H29NO4/c1-5-20-9-8-16(19)10-12-6-7-13(11-16)17(12)14(18)21-15(2,3)4/h12-13,19H,5-11H2,1-4H3. The highest BCUT2D eigenvalue weighted by molar-refractivity contribution is 5.69. The first-order valence-electron chi connectivity index (χ1n) is 8.05. The largest absolute Gasteiger partial charge is 0.444 e. The highest BCUT2D eigenvalue weighted by Gasteiger charge is 2.50. The zero-order valence-corrected chi connectivity index (χ0v) is 13.7. The molecule has 2 aliphatic rings. The van der Waals surface area contributed by atoms with Gasteiger partial charge in [-0.25, -0.2) is 4.79 Å². The minimum Gasteiger partial charge on any atom is -0.444 e. The van der Waals surface area contributed by atoms with E-state index in [1.807, 2.05) is 32.6 Å². The summed E-state index contributed by atoms with van der Waals surface area (Å²) < 4.78 is 10.9. The molecule has 0 spiro atoms. The zero-order valence-electron chi connectivity index (χ0n) is 13.7. The van der Waals surface area contributed by atoms with Gasteiger partial charge in [-0.2, -0.15) is 0 Å². The molecule has 0 aliphatic carbocycles. The smallest absolute Gasteiger partial charge is 0.410 e. The lowest BCUT2D eigenvalue weighted by atomic mass is 9.84. The molecule has 0 radical (unpaired) electrons. The molecule has 5 nitrogen and oxygen atoms in total. The number of fused-ring (bicyclic) bond motifs is 2. The van der Waals surface area contributed by atoms with Crippen LogP contribution in [0.4, 0.5) is 4.79 Å². The molecule has 2 fully saturated rings. The Morgan fingerprint density at radius 2 is 1.86 bits per heavy atom. The van der Waals surface area contributed by atoms with Crippen LogP contribution in [0.15, 0.2) is 0 Å². The number of piperidine rings is 1. The summed E-state index contributed by atoms with van der Waals surface area (Å²) in [4.78, 5) is 14.2. The Hall–Kier alpha value is -0.810. The maximum absolute atomic E-state index is 12.3. The second-order valence-corrected chi connectivity index (χ2v) is 7.35. The van der Waals surface area contributed by atoms with Crippen molar-refractivity contribution < 1.29 is 19.4 Å². The molecule has 5 heteroatoms. The van der Waals surface area contributed by atoms with E-state index in [-0.39, 0.29) is 18.2 Å². The van der Waals surface area contributed by atoms with E-state index in [4.69, 9.17) is 9.47 Å². The lowest BCUT2D eigenvalue weighted by Crippen LogP contribution is -2.54. The minimum atomic E-state index is -0.695. The van der Waals surface area contributed by atoms with Gasteiger partial charge in [-0.15, -0.1) is 0 Å². The van der Waals surface area contributed by atoms with Crippen molar-refractivity contribution in [1.82, 2.24) is 4.90 Å². The number of aliphatic hydroxyl groups is 1. The maximum Gasteiger partial charge on any atom is 0.410 e. The van der Waals surface area contributed by atoms with Gasteiger partial charge in [0.2, 0.25) is 0 Å². The highest BCUT2D eigenvalue weighted by atomic mass is 16.6. The Balaban J connectivity index is 1.97. The summed E-state index contributed by atoms with van der Waals surface area (Å²) in [5.74, 6) is 0. The van der Waals surface area contributed by atoms with Gasteiger partial charge >= 0.3 is 6.09 Å². The predicted octanol–water partition coefficient (Wildman–Crippen LogP) is 2.71. The fourth-order valence-electron chi connectivity index (χ4n) is 3.55. The van der Waals surface area contributed by atoms with Crippen LogP contribution >= 0.6 is 0 Å². The Kier molecular flexibility index (Phi) is 4.83. The first-order chi connectivity index (χ1) is 9.74. The molecule has 1 N–H and O–H groups in total. The number of nitrogens with zero attached hydrogens (tertiary/aromatic N) is 1. The van der Waals surface area contributed by atoms with Crippen molar-refractivity contribution >= 4 is 6.09 Å². The summed E-state index contributed by atoms with van der Waals surface area (Å²) in [5, 5.41) is 10.8. The van der Waals surface area contributed by atoms with Crippen LogP contribution in [-0.2, 0) is 9.47 Å². The van der Waals surface area contributed by atoms with Gasteiger partial charge in [0.25, 0.3) is 0 Å². The number of carbonyl (C=O) groups excluding carboxylic acids is 1. The summed E-state index contributed by atoms with van der Waals surface area (Å²) in [6, 6.07) is 0.204. The molecule has 0 aromatic heterocycles. The third-order valence-corrected chi connectivity index (χ3v) is 4.37. The van der Waals surface area contributed by atoms with Crippen LogP contribution in [0, 0.1) is 0 Å². The second-order valence-electron chi connectivity index (χ2n) is 7.35. The number of ether oxygens (including phenoxy) is 2. The summed E-state index contributed by atoms with van der Waals surface area (Å²) in [6.45, 7) is 8.87. The van der Waals surface area contributed by atoms with Crippen LogP contribution in [0.3, 0.4) is 0 Å². The molecule has 0 saturated carbocycles. The highest BCUT2D eigenvalue weighted by Crippen LogP contribution is 2.42. The third kappa shape index (κ3) is 4.10. The van der Waals surface area contributed by atoms with E-state index in [1.165, 1.54) is 0 Å². The Morgan fingerprint density at radius 3 is 2.33 bits per heavy atom. The van der Waals surface area contributed by atoms with Crippen LogP contribution < -0.4 is 0 Å². The van der Waals surface area contributed by atoms with E-state index in [9.17, 15) is 9.90 Å². The van der Waals surface area contributed by atoms with Gasteiger partial charge in [-0.1, -0.05) is 0 Å². The van der Waals surface area contributed by atoms with Gasteiger partial charge in [0, 0.05) is 25.3 Å². The quantitative estimate of drug-likeness (QED) is 0.811. The van der Waals surface area contributed by atoms with Crippen LogP contribution in [0.2, 0.25) is 0 Å². The lowest BCUT2D eigenvalue weighted by molar-refractivity contribution is -0.0726. The van der Waals surface area contributed by atoms with Crippen molar-refractivity contribution in [2.75, 3.05) is 13.2 Å². The van der Waals surface area contributed by atoms with E-state index < -0.39 is 11.2 Å². The number of rotatable bonds is 4. The van der Waals surface area contributed by atoms with Crippen LogP contribution in [0.25, 0.3) is 0 Å². The molecule has 2 saturated heterocycles. The Bertz CT molecular complexity index is 363. The zero-order chi connectivity index (χ0) is 15.7. The van der Waals surface area contributed by atoms with Crippen LogP contribution in [0.1, 0.15) is 59.8 Å². The number of amides is 1. The van der Waals surface area contributed by atoms with Gasteiger partial charge in [0.15, 0.2) is 0 Å². The number of hydrogen-bond donors (Lipinski definition) is 1. The van der Waals surface area contributed by atoms with Crippen LogP contribution in [-0.4, -0.2) is 52.6 Å². The summed E-state index contributed by atoms with van der Waals surface area (Å²) >= 11 is 0. The normalized spacial score (nSPS) is 32.3. The molecule has 2 atom stereocenters. The Labute approximate surface area is 127 Å². The summed E-state index contributed by atoms with van der Waals surface area (Å²) in [6.07, 6.45) is 3.60. The average Bonchev–Trinajstić information content (AvgIpc) is 2.61. The van der Waals surface area contributed by atoms with E-state index in [1.54, 1.807) is 0 Å². The van der Waals surface area contributed by atoms with Gasteiger partial charge in [-0.05, 0) is 59.8 Å². The van der Waals surface area contributed by atoms with Crippen LogP contribution in [0.5, 0.6) is 0 Å². The maximum atomic E-state index is 12.3. The van der Waals surface area contributed by atoms with Crippen molar-refractivity contribution in [3.63, 3.8) is 0 Å². The topological polar surface area (TPSA) is 59.0 Å². The van der Waals surface area contributed by atoms with E-state index >= 15 is 0 Å². The molecule has 1 amide bonds. The molecule has 2 aliphatic heterocycles. The average molecular weight is 299 g/mol. The fraction of sp³-hybridized carbons (Fsp3) is 0.938. The minimum absolute atomic E-state index is 0.102. The molecule has 2 unspecified atom stereocenters. The summed E-state index contributed by atoms with van der Waals surface area (Å²) in [5.41, 5.74) is -1.17. The third-order valence-electron chi connectivity index (χ3n) is 4.37. The molecule has 2 rings (SSSR count). The Morgan fingerprint density at radius 1 is 1.29 bits per heavy atom. The second kappa shape index (κ2) is 6.13. The van der Waals surface area contributed by atoms with E-state index in [2.05, 4.69) is 0 Å². The molecular formula is C16H29NO4. The lowest BCUT2D eigenvalue weighted by Gasteiger charge is -2.43. The van der Waals surface area contributed by atoms with Crippen molar-refractivity contribution in [2.24, 2.45) is 0 Å². The first-order valence-corrected chi connectivity index (χ1v) is 8.05. The molecule has 0 aromatic carbocycles. The number of hydrogen-bond acceptors (Lipinski definition) is 4. The molecular weight excluding hydrogens is 270 g/mol. The van der Waals surface area contributed by atoms with Crippen molar-refractivity contribution in [2.45, 2.75) is 83.1 Å². The van der Waals surface area contributed by atoms with E-state index in [0.717, 1.165) is 12.8 Å². The molecule has 0 aromatic rings. The summed E-state index contributed by atoms with van der Waals surface area (Å²) in [7, 11) is 0. The first kappa shape index (κ1) is 16.6. The molecule has 2 heterocycles. The molecule has 2 bridgehead atoms. The predicted molar refractivity (Wildman–Crippen MR) is 80.2 cm³/mol. The van der Waals surface area contributed by atoms with E-state index in [0.29, 0.717) is 32.5 Å². The SMILES string of the molecule is CCOCCC1(O)CC2CCC(C1)N2C(=O)OC(C)(C)C. The number of carbonyl (C=O) groups is 1.